The van der Waals surface area contributed by atoms with E-state index in [9.17, 15) is 9.59 Å². The number of nitrogens with one attached hydrogen (secondary N) is 1. The third-order valence-corrected chi connectivity index (χ3v) is 5.63. The lowest BCUT2D eigenvalue weighted by atomic mass is 10.1. The predicted molar refractivity (Wildman–Crippen MR) is 104 cm³/mol. The molecule has 0 spiro atoms. The second kappa shape index (κ2) is 8.37. The molecule has 6 nitrogen and oxygen atoms in total. The Bertz CT molecular complexity index is 917. The van der Waals surface area contributed by atoms with Gasteiger partial charge in [-0.05, 0) is 42.3 Å². The van der Waals surface area contributed by atoms with Gasteiger partial charge in [0.25, 0.3) is 0 Å². The molecule has 0 radical (unpaired) electrons. The zero-order valence-electron chi connectivity index (χ0n) is 14.6. The molecule has 1 amide bonds. The van der Waals surface area contributed by atoms with E-state index in [1.54, 1.807) is 24.5 Å². The molecular formula is C18H20N4O2S2. The summed E-state index contributed by atoms with van der Waals surface area (Å²) in [6, 6.07) is 3.73. The summed E-state index contributed by atoms with van der Waals surface area (Å²) in [6.07, 6.45) is 2.67. The molecule has 1 atom stereocenters. The Labute approximate surface area is 159 Å². The molecule has 0 saturated heterocycles. The van der Waals surface area contributed by atoms with Gasteiger partial charge in [-0.2, -0.15) is 16.3 Å². The third kappa shape index (κ3) is 4.64. The van der Waals surface area contributed by atoms with Gasteiger partial charge in [0.1, 0.15) is 5.01 Å². The molecule has 1 N–H and O–H groups in total. The number of hydrogen-bond acceptors (Lipinski definition) is 6. The summed E-state index contributed by atoms with van der Waals surface area (Å²) in [5, 5.41) is 9.95. The van der Waals surface area contributed by atoms with Gasteiger partial charge in [0.2, 0.25) is 5.91 Å². The number of rotatable bonds is 7. The lowest BCUT2D eigenvalue weighted by molar-refractivity contribution is -0.122. The van der Waals surface area contributed by atoms with Gasteiger partial charge < -0.3 is 5.32 Å². The quantitative estimate of drug-likeness (QED) is 0.675. The first-order valence-electron chi connectivity index (χ1n) is 8.28. The second-order valence-corrected chi connectivity index (χ2v) is 7.76. The third-order valence-electron chi connectivity index (χ3n) is 4.01. The first-order valence-corrected chi connectivity index (χ1v) is 10.1. The monoisotopic (exact) mass is 388 g/mol. The highest BCUT2D eigenvalue weighted by Gasteiger charge is 2.18. The van der Waals surface area contributed by atoms with Crippen molar-refractivity contribution in [2.24, 2.45) is 0 Å². The molecular weight excluding hydrogens is 368 g/mol. The first kappa shape index (κ1) is 18.5. The number of nitrogens with zero attached hydrogens (tertiary/aromatic N) is 3. The van der Waals surface area contributed by atoms with Gasteiger partial charge in [-0.15, -0.1) is 11.3 Å². The van der Waals surface area contributed by atoms with Crippen LogP contribution in [0.5, 0.6) is 0 Å². The molecule has 26 heavy (non-hydrogen) atoms. The van der Waals surface area contributed by atoms with E-state index in [-0.39, 0.29) is 24.1 Å². The van der Waals surface area contributed by atoms with Crippen LogP contribution in [0.15, 0.2) is 39.3 Å². The van der Waals surface area contributed by atoms with Crippen LogP contribution in [-0.4, -0.2) is 20.4 Å². The Morgan fingerprint density at radius 3 is 2.85 bits per heavy atom. The molecule has 0 aliphatic carbocycles. The second-order valence-electron chi connectivity index (χ2n) is 6.05. The minimum absolute atomic E-state index is 0.104. The number of thiophene rings is 1. The molecule has 1 unspecified atom stereocenters. The van der Waals surface area contributed by atoms with Crippen LogP contribution in [0.25, 0.3) is 0 Å². The summed E-state index contributed by atoms with van der Waals surface area (Å²) in [6.45, 7) is 3.95. The number of aryl methyl sites for hydroxylation is 2. The van der Waals surface area contributed by atoms with Crippen molar-refractivity contribution < 1.29 is 4.79 Å². The van der Waals surface area contributed by atoms with Crippen molar-refractivity contribution in [1.82, 2.24) is 19.9 Å². The smallest absolute Gasteiger partial charge is 0.346 e. The molecule has 0 aliphatic rings. The van der Waals surface area contributed by atoms with Crippen LogP contribution in [0, 0.1) is 13.8 Å². The van der Waals surface area contributed by atoms with Crippen LogP contribution in [0.3, 0.4) is 0 Å². The Hall–Kier alpha value is -2.32. The van der Waals surface area contributed by atoms with Gasteiger partial charge in [0.05, 0.1) is 6.04 Å². The zero-order valence-corrected chi connectivity index (χ0v) is 16.3. The lowest BCUT2D eigenvalue weighted by Gasteiger charge is -2.17. The summed E-state index contributed by atoms with van der Waals surface area (Å²) in [5.74, 6) is -0.104. The van der Waals surface area contributed by atoms with Gasteiger partial charge in [-0.1, -0.05) is 0 Å². The van der Waals surface area contributed by atoms with Gasteiger partial charge in [-0.25, -0.2) is 9.78 Å². The van der Waals surface area contributed by atoms with Crippen molar-refractivity contribution in [2.45, 2.75) is 39.3 Å². The molecule has 0 saturated carbocycles. The van der Waals surface area contributed by atoms with Crippen molar-refractivity contribution in [2.75, 3.05) is 0 Å². The van der Waals surface area contributed by atoms with Crippen LogP contribution < -0.4 is 11.0 Å². The predicted octanol–water partition coefficient (Wildman–Crippen LogP) is 2.87. The van der Waals surface area contributed by atoms with Crippen LogP contribution in [-0.2, 0) is 17.8 Å². The van der Waals surface area contributed by atoms with Gasteiger partial charge in [-0.3, -0.25) is 9.36 Å². The minimum Gasteiger partial charge on any atom is -0.346 e. The van der Waals surface area contributed by atoms with Gasteiger partial charge in [0.15, 0.2) is 0 Å². The van der Waals surface area contributed by atoms with Crippen LogP contribution in [0.2, 0.25) is 0 Å². The average molecular weight is 389 g/mol. The van der Waals surface area contributed by atoms with Crippen molar-refractivity contribution in [3.05, 3.63) is 66.9 Å². The summed E-state index contributed by atoms with van der Waals surface area (Å²) in [4.78, 5) is 32.8. The van der Waals surface area contributed by atoms with Crippen molar-refractivity contribution in [3.8, 4) is 0 Å². The highest BCUT2D eigenvalue weighted by atomic mass is 32.1. The lowest BCUT2D eigenvalue weighted by Crippen LogP contribution is -2.32. The van der Waals surface area contributed by atoms with Crippen molar-refractivity contribution in [3.63, 3.8) is 0 Å². The highest BCUT2D eigenvalue weighted by molar-refractivity contribution is 7.09. The Morgan fingerprint density at radius 1 is 1.35 bits per heavy atom. The van der Waals surface area contributed by atoms with Gasteiger partial charge in [0, 0.05) is 42.4 Å². The summed E-state index contributed by atoms with van der Waals surface area (Å²) in [7, 11) is 0. The molecule has 3 rings (SSSR count). The summed E-state index contributed by atoms with van der Waals surface area (Å²) >= 11 is 3.16. The number of amides is 1. The fraction of sp³-hybridized carbons (Fsp3) is 0.333. The molecule has 0 aliphatic heterocycles. The van der Waals surface area contributed by atoms with E-state index in [1.807, 2.05) is 23.8 Å². The molecule has 8 heteroatoms. The molecule has 0 aromatic carbocycles. The summed E-state index contributed by atoms with van der Waals surface area (Å²) < 4.78 is 1.53. The number of aromatic nitrogens is 3. The van der Waals surface area contributed by atoms with E-state index in [1.165, 1.54) is 21.5 Å². The number of thiazole rings is 1. The molecule has 0 bridgehead atoms. The van der Waals surface area contributed by atoms with Crippen LogP contribution in [0.4, 0.5) is 0 Å². The molecule has 0 fully saturated rings. The maximum absolute atomic E-state index is 12.5. The highest BCUT2D eigenvalue weighted by Crippen LogP contribution is 2.22. The van der Waals surface area contributed by atoms with E-state index in [0.29, 0.717) is 18.7 Å². The standard InChI is InChI=1S/C18H20N4O2S2/c1-12-9-13(2)22(18(24)20-12)6-3-16(23)21-15(17-19-5-8-26-17)10-14-4-7-25-11-14/h4-5,7-9,11,15H,3,6,10H2,1-2H3,(H,21,23). The van der Waals surface area contributed by atoms with E-state index < -0.39 is 0 Å². The average Bonchev–Trinajstić information content (AvgIpc) is 3.27. The van der Waals surface area contributed by atoms with E-state index >= 15 is 0 Å². The molecule has 136 valence electrons. The zero-order chi connectivity index (χ0) is 18.5. The summed E-state index contributed by atoms with van der Waals surface area (Å²) in [5.41, 5.74) is 2.35. The van der Waals surface area contributed by atoms with Gasteiger partial charge >= 0.3 is 5.69 Å². The maximum Gasteiger partial charge on any atom is 0.347 e. The van der Waals surface area contributed by atoms with Crippen molar-refractivity contribution in [1.29, 1.82) is 0 Å². The molecule has 3 aromatic heterocycles. The Kier molecular flexibility index (Phi) is 5.95. The van der Waals surface area contributed by atoms with E-state index in [0.717, 1.165) is 10.7 Å². The van der Waals surface area contributed by atoms with Crippen molar-refractivity contribution >= 4 is 28.6 Å². The topological polar surface area (TPSA) is 76.9 Å². The van der Waals surface area contributed by atoms with E-state index in [2.05, 4.69) is 26.7 Å². The van der Waals surface area contributed by atoms with Crippen LogP contribution in [0.1, 0.15) is 34.4 Å². The Morgan fingerprint density at radius 2 is 2.19 bits per heavy atom. The minimum atomic E-state index is -0.315. The maximum atomic E-state index is 12.5. The fourth-order valence-corrected chi connectivity index (χ4v) is 4.15. The number of hydrogen-bond donors (Lipinski definition) is 1. The molecule has 3 aromatic rings. The molecule has 3 heterocycles. The fourth-order valence-electron chi connectivity index (χ4n) is 2.78. The number of carbonyl (C=O) groups is 1. The Balaban J connectivity index is 1.66. The number of carbonyl (C=O) groups excluding carboxylic acids is 1. The SMILES string of the molecule is Cc1cc(C)n(CCC(=O)NC(Cc2ccsc2)c2nccs2)c(=O)n1. The largest absolute Gasteiger partial charge is 0.347 e. The van der Waals surface area contributed by atoms with Crippen LogP contribution >= 0.6 is 22.7 Å². The van der Waals surface area contributed by atoms with E-state index in [4.69, 9.17) is 0 Å². The first-order chi connectivity index (χ1) is 12.5. The normalized spacial score (nSPS) is 12.1.